The van der Waals surface area contributed by atoms with Crippen molar-refractivity contribution >= 4 is 0 Å². The molecule has 4 heteroatoms. The summed E-state index contributed by atoms with van der Waals surface area (Å²) >= 11 is 0. The predicted octanol–water partition coefficient (Wildman–Crippen LogP) is 2.18. The molecule has 0 heterocycles. The summed E-state index contributed by atoms with van der Waals surface area (Å²) in [7, 11) is 3.01. The summed E-state index contributed by atoms with van der Waals surface area (Å²) in [6, 6.07) is 3.02. The van der Waals surface area contributed by atoms with E-state index in [0.29, 0.717) is 17.1 Å². The normalized spacial score (nSPS) is 17.8. The lowest BCUT2D eigenvalue weighted by Crippen LogP contribution is -2.44. The van der Waals surface area contributed by atoms with Gasteiger partial charge < -0.3 is 15.2 Å². The Morgan fingerprint density at radius 3 is 2.38 bits per heavy atom. The maximum atomic E-state index is 14.0. The van der Waals surface area contributed by atoms with Gasteiger partial charge in [-0.2, -0.15) is 0 Å². The fraction of sp³-hybridized carbons (Fsp3) is 0.500. The van der Waals surface area contributed by atoms with Crippen molar-refractivity contribution in [1.82, 2.24) is 0 Å². The van der Waals surface area contributed by atoms with E-state index >= 15 is 0 Å². The predicted molar refractivity (Wildman–Crippen MR) is 59.2 cm³/mol. The second-order valence-corrected chi connectivity index (χ2v) is 4.20. The molecule has 2 rings (SSSR count). The topological polar surface area (TPSA) is 44.5 Å². The van der Waals surface area contributed by atoms with Gasteiger partial charge in [0.05, 0.1) is 14.2 Å². The molecule has 0 bridgehead atoms. The average molecular weight is 225 g/mol. The minimum Gasteiger partial charge on any atom is -0.497 e. The lowest BCUT2D eigenvalue weighted by molar-refractivity contribution is 0.234. The first-order valence-corrected chi connectivity index (χ1v) is 5.31. The third kappa shape index (κ3) is 1.63. The molecular weight excluding hydrogens is 209 g/mol. The van der Waals surface area contributed by atoms with Crippen molar-refractivity contribution in [3.63, 3.8) is 0 Å². The molecule has 1 aromatic rings. The minimum absolute atomic E-state index is 0.349. The molecule has 0 unspecified atom stereocenters. The molecule has 0 radical (unpaired) electrons. The molecular formula is C12H16FNO2. The van der Waals surface area contributed by atoms with Crippen molar-refractivity contribution in [3.8, 4) is 11.5 Å². The molecule has 16 heavy (non-hydrogen) atoms. The zero-order valence-electron chi connectivity index (χ0n) is 9.55. The quantitative estimate of drug-likeness (QED) is 0.857. The summed E-state index contributed by atoms with van der Waals surface area (Å²) in [5.41, 5.74) is 6.04. The summed E-state index contributed by atoms with van der Waals surface area (Å²) in [5, 5.41) is 0. The molecule has 1 aromatic carbocycles. The Labute approximate surface area is 94.3 Å². The van der Waals surface area contributed by atoms with Crippen molar-refractivity contribution in [3.05, 3.63) is 23.5 Å². The molecule has 1 saturated carbocycles. The summed E-state index contributed by atoms with van der Waals surface area (Å²) in [6.07, 6.45) is 2.63. The smallest absolute Gasteiger partial charge is 0.135 e. The zero-order chi connectivity index (χ0) is 11.8. The van der Waals surface area contributed by atoms with Gasteiger partial charge in [-0.1, -0.05) is 0 Å². The number of halogens is 1. The van der Waals surface area contributed by atoms with Crippen LogP contribution in [0.25, 0.3) is 0 Å². The molecule has 0 aromatic heterocycles. The fourth-order valence-electron chi connectivity index (χ4n) is 2.13. The SMILES string of the molecule is COc1cc(F)c(C2(N)CCC2)c(OC)c1. The molecule has 0 aliphatic heterocycles. The highest BCUT2D eigenvalue weighted by Gasteiger charge is 2.39. The third-order valence-electron chi connectivity index (χ3n) is 3.23. The fourth-order valence-corrected chi connectivity index (χ4v) is 2.13. The van der Waals surface area contributed by atoms with E-state index < -0.39 is 5.54 Å². The molecule has 0 amide bonds. The second kappa shape index (κ2) is 3.94. The van der Waals surface area contributed by atoms with Gasteiger partial charge in [0, 0.05) is 23.2 Å². The van der Waals surface area contributed by atoms with E-state index in [9.17, 15) is 4.39 Å². The number of rotatable bonds is 3. The van der Waals surface area contributed by atoms with E-state index in [2.05, 4.69) is 0 Å². The first kappa shape index (κ1) is 11.2. The van der Waals surface area contributed by atoms with Crippen LogP contribution in [0.4, 0.5) is 4.39 Å². The van der Waals surface area contributed by atoms with Crippen LogP contribution >= 0.6 is 0 Å². The highest BCUT2D eigenvalue weighted by Crippen LogP contribution is 2.45. The summed E-state index contributed by atoms with van der Waals surface area (Å²) in [6.45, 7) is 0. The highest BCUT2D eigenvalue weighted by molar-refractivity contribution is 5.46. The van der Waals surface area contributed by atoms with Gasteiger partial charge in [-0.25, -0.2) is 4.39 Å². The molecule has 1 fully saturated rings. The second-order valence-electron chi connectivity index (χ2n) is 4.20. The maximum absolute atomic E-state index is 14.0. The van der Waals surface area contributed by atoms with E-state index in [4.69, 9.17) is 15.2 Å². The average Bonchev–Trinajstić information content (AvgIpc) is 2.24. The van der Waals surface area contributed by atoms with Crippen molar-refractivity contribution in [2.75, 3.05) is 14.2 Å². The third-order valence-corrected chi connectivity index (χ3v) is 3.23. The minimum atomic E-state index is -0.568. The van der Waals surface area contributed by atoms with Crippen LogP contribution in [0.2, 0.25) is 0 Å². The summed E-state index contributed by atoms with van der Waals surface area (Å²) in [4.78, 5) is 0. The first-order valence-electron chi connectivity index (χ1n) is 5.31. The summed E-state index contributed by atoms with van der Waals surface area (Å²) in [5.74, 6) is 0.568. The van der Waals surface area contributed by atoms with Gasteiger partial charge in [0.1, 0.15) is 17.3 Å². The van der Waals surface area contributed by atoms with Gasteiger partial charge in [-0.15, -0.1) is 0 Å². The van der Waals surface area contributed by atoms with Gasteiger partial charge in [0.15, 0.2) is 0 Å². The van der Waals surface area contributed by atoms with Crippen LogP contribution in [-0.4, -0.2) is 14.2 Å². The van der Waals surface area contributed by atoms with E-state index in [-0.39, 0.29) is 5.82 Å². The molecule has 88 valence electrons. The Morgan fingerprint density at radius 1 is 1.25 bits per heavy atom. The van der Waals surface area contributed by atoms with Crippen LogP contribution < -0.4 is 15.2 Å². The Morgan fingerprint density at radius 2 is 1.94 bits per heavy atom. The van der Waals surface area contributed by atoms with E-state index in [1.807, 2.05) is 0 Å². The number of nitrogens with two attached hydrogens (primary N) is 1. The van der Waals surface area contributed by atoms with Gasteiger partial charge in [0.2, 0.25) is 0 Å². The van der Waals surface area contributed by atoms with Crippen molar-refractivity contribution < 1.29 is 13.9 Å². The zero-order valence-corrected chi connectivity index (χ0v) is 9.55. The number of ether oxygens (including phenoxy) is 2. The Kier molecular flexibility index (Phi) is 2.76. The lowest BCUT2D eigenvalue weighted by atomic mass is 9.72. The Bertz CT molecular complexity index is 402. The first-order chi connectivity index (χ1) is 7.60. The van der Waals surface area contributed by atoms with Gasteiger partial charge >= 0.3 is 0 Å². The van der Waals surface area contributed by atoms with E-state index in [1.54, 1.807) is 6.07 Å². The van der Waals surface area contributed by atoms with Crippen LogP contribution in [0.15, 0.2) is 12.1 Å². The molecule has 0 saturated heterocycles. The molecule has 2 N–H and O–H groups in total. The lowest BCUT2D eigenvalue weighted by Gasteiger charge is -2.39. The van der Waals surface area contributed by atoms with E-state index in [0.717, 1.165) is 19.3 Å². The Balaban J connectivity index is 2.50. The van der Waals surface area contributed by atoms with Crippen LogP contribution in [0.1, 0.15) is 24.8 Å². The van der Waals surface area contributed by atoms with Gasteiger partial charge in [-0.3, -0.25) is 0 Å². The highest BCUT2D eigenvalue weighted by atomic mass is 19.1. The van der Waals surface area contributed by atoms with E-state index in [1.165, 1.54) is 20.3 Å². The van der Waals surface area contributed by atoms with Crippen LogP contribution in [0, 0.1) is 5.82 Å². The largest absolute Gasteiger partial charge is 0.497 e. The number of methoxy groups -OCH3 is 2. The number of hydrogen-bond acceptors (Lipinski definition) is 3. The Hall–Kier alpha value is -1.29. The molecule has 0 spiro atoms. The molecule has 0 atom stereocenters. The van der Waals surface area contributed by atoms with Crippen LogP contribution in [0.3, 0.4) is 0 Å². The molecule has 1 aliphatic carbocycles. The van der Waals surface area contributed by atoms with Gasteiger partial charge in [0.25, 0.3) is 0 Å². The monoisotopic (exact) mass is 225 g/mol. The maximum Gasteiger partial charge on any atom is 0.135 e. The number of hydrogen-bond donors (Lipinski definition) is 1. The van der Waals surface area contributed by atoms with Crippen molar-refractivity contribution in [1.29, 1.82) is 0 Å². The number of benzene rings is 1. The van der Waals surface area contributed by atoms with Gasteiger partial charge in [-0.05, 0) is 19.3 Å². The summed E-state index contributed by atoms with van der Waals surface area (Å²) < 4.78 is 24.1. The van der Waals surface area contributed by atoms with Crippen molar-refractivity contribution in [2.45, 2.75) is 24.8 Å². The molecule has 1 aliphatic rings. The van der Waals surface area contributed by atoms with Crippen LogP contribution in [-0.2, 0) is 5.54 Å². The van der Waals surface area contributed by atoms with Crippen LogP contribution in [0.5, 0.6) is 11.5 Å². The van der Waals surface area contributed by atoms with Crippen molar-refractivity contribution in [2.24, 2.45) is 5.73 Å². The standard InChI is InChI=1S/C12H16FNO2/c1-15-8-6-9(13)11(10(7-8)16-2)12(14)4-3-5-12/h6-7H,3-5,14H2,1-2H3. The molecule has 3 nitrogen and oxygen atoms in total.